The molecule has 0 saturated heterocycles. The maximum atomic E-state index is 12.1. The van der Waals surface area contributed by atoms with Crippen LogP contribution in [0.3, 0.4) is 0 Å². The van der Waals surface area contributed by atoms with Gasteiger partial charge in [0.1, 0.15) is 5.75 Å². The number of nitrogens with zero attached hydrogens (tertiary/aromatic N) is 1. The van der Waals surface area contributed by atoms with Crippen molar-refractivity contribution in [1.29, 1.82) is 0 Å². The molecule has 1 heterocycles. The zero-order chi connectivity index (χ0) is 13.0. The summed E-state index contributed by atoms with van der Waals surface area (Å²) in [5, 5.41) is 6.33. The Kier molecular flexibility index (Phi) is 3.96. The maximum absolute atomic E-state index is 12.1. The highest BCUT2D eigenvalue weighted by Crippen LogP contribution is 2.16. The Morgan fingerprint density at radius 1 is 1.50 bits per heavy atom. The second-order valence-corrected chi connectivity index (χ2v) is 5.14. The second-order valence-electron chi connectivity index (χ2n) is 3.64. The van der Waals surface area contributed by atoms with Gasteiger partial charge in [0.2, 0.25) is 0 Å². The van der Waals surface area contributed by atoms with E-state index in [0.717, 1.165) is 0 Å². The summed E-state index contributed by atoms with van der Waals surface area (Å²) in [5.41, 5.74) is 0.993. The minimum atomic E-state index is -1.15. The fourth-order valence-electron chi connectivity index (χ4n) is 1.52. The fourth-order valence-corrected chi connectivity index (χ4v) is 2.42. The molecule has 0 spiro atoms. The molecule has 0 radical (unpaired) electrons. The van der Waals surface area contributed by atoms with Crippen LogP contribution in [-0.4, -0.2) is 26.3 Å². The zero-order valence-electron chi connectivity index (χ0n) is 9.63. The molecule has 0 aliphatic heterocycles. The summed E-state index contributed by atoms with van der Waals surface area (Å²) in [6, 6.07) is 6.81. The molecular weight excluding hydrogens is 248 g/mol. The number of ketones is 1. The molecule has 1 atom stereocenters. The lowest BCUT2D eigenvalue weighted by Crippen LogP contribution is -2.07. The van der Waals surface area contributed by atoms with E-state index in [9.17, 15) is 9.35 Å². The quantitative estimate of drug-likeness (QED) is 0.507. The molecule has 1 unspecified atom stereocenters. The molecule has 0 saturated carbocycles. The maximum Gasteiger partial charge on any atom is 0.196 e. The topological polar surface area (TPSA) is 68.8 Å². The van der Waals surface area contributed by atoms with Crippen LogP contribution in [0.1, 0.15) is 15.9 Å². The third kappa shape index (κ3) is 2.69. The number of carbonyl (C=O) groups is 1. The molecule has 4 nitrogen and oxygen atoms in total. The van der Waals surface area contributed by atoms with Gasteiger partial charge in [-0.1, -0.05) is 18.7 Å². The first-order valence-electron chi connectivity index (χ1n) is 5.35. The molecule has 0 amide bonds. The SMILES string of the molecule is C=CC[S+]([O-])c1cccc(C(=O)c2cn[nH]c2)c1. The van der Waals surface area contributed by atoms with E-state index in [1.54, 1.807) is 30.3 Å². The van der Waals surface area contributed by atoms with Crippen LogP contribution in [-0.2, 0) is 11.2 Å². The van der Waals surface area contributed by atoms with Crippen molar-refractivity contribution in [3.05, 3.63) is 60.4 Å². The molecule has 1 aromatic heterocycles. The Balaban J connectivity index is 2.27. The number of nitrogens with one attached hydrogen (secondary N) is 1. The first kappa shape index (κ1) is 12.6. The number of aromatic nitrogens is 2. The third-order valence-corrected chi connectivity index (χ3v) is 3.71. The van der Waals surface area contributed by atoms with E-state index in [1.165, 1.54) is 12.4 Å². The molecule has 0 fully saturated rings. The molecule has 18 heavy (non-hydrogen) atoms. The van der Waals surface area contributed by atoms with Gasteiger partial charge >= 0.3 is 0 Å². The highest BCUT2D eigenvalue weighted by molar-refractivity contribution is 7.91. The first-order chi connectivity index (χ1) is 8.72. The van der Waals surface area contributed by atoms with Crippen molar-refractivity contribution in [2.75, 3.05) is 5.75 Å². The fraction of sp³-hybridized carbons (Fsp3) is 0.0769. The molecule has 1 N–H and O–H groups in total. The highest BCUT2D eigenvalue weighted by atomic mass is 32.2. The summed E-state index contributed by atoms with van der Waals surface area (Å²) in [5.74, 6) is 0.241. The van der Waals surface area contributed by atoms with E-state index >= 15 is 0 Å². The average molecular weight is 260 g/mol. The Morgan fingerprint density at radius 3 is 3.00 bits per heavy atom. The second kappa shape index (κ2) is 5.66. The van der Waals surface area contributed by atoms with Crippen molar-refractivity contribution in [3.63, 3.8) is 0 Å². The Hall–Kier alpha value is -1.85. The molecule has 2 rings (SSSR count). The van der Waals surface area contributed by atoms with Crippen molar-refractivity contribution in [3.8, 4) is 0 Å². The largest absolute Gasteiger partial charge is 0.611 e. The molecule has 0 aliphatic rings. The number of hydrogen-bond donors (Lipinski definition) is 1. The van der Waals surface area contributed by atoms with Gasteiger partial charge in [-0.3, -0.25) is 9.89 Å². The van der Waals surface area contributed by atoms with E-state index < -0.39 is 11.2 Å². The summed E-state index contributed by atoms with van der Waals surface area (Å²) < 4.78 is 11.8. The summed E-state index contributed by atoms with van der Waals surface area (Å²) in [6.45, 7) is 3.55. The van der Waals surface area contributed by atoms with Gasteiger partial charge in [-0.25, -0.2) is 0 Å². The van der Waals surface area contributed by atoms with E-state index in [0.29, 0.717) is 21.8 Å². The van der Waals surface area contributed by atoms with Crippen LogP contribution in [0.25, 0.3) is 0 Å². The molecule has 0 bridgehead atoms. The molecular formula is C13H12N2O2S. The van der Waals surface area contributed by atoms with Crippen LogP contribution in [0.15, 0.2) is 54.2 Å². The lowest BCUT2D eigenvalue weighted by molar-refractivity contribution is 0.103. The zero-order valence-corrected chi connectivity index (χ0v) is 10.4. The first-order valence-corrected chi connectivity index (χ1v) is 6.67. The van der Waals surface area contributed by atoms with E-state index in [-0.39, 0.29) is 5.78 Å². The van der Waals surface area contributed by atoms with Crippen LogP contribution >= 0.6 is 0 Å². The monoisotopic (exact) mass is 260 g/mol. The molecule has 1 aromatic carbocycles. The van der Waals surface area contributed by atoms with Gasteiger partial charge in [0, 0.05) is 17.8 Å². The number of benzene rings is 1. The Morgan fingerprint density at radius 2 is 2.33 bits per heavy atom. The summed E-state index contributed by atoms with van der Waals surface area (Å²) >= 11 is -1.15. The molecule has 0 aliphatic carbocycles. The van der Waals surface area contributed by atoms with Crippen LogP contribution in [0, 0.1) is 0 Å². The number of hydrogen-bond acceptors (Lipinski definition) is 3. The number of rotatable bonds is 5. The smallest absolute Gasteiger partial charge is 0.196 e. The van der Waals surface area contributed by atoms with Crippen LogP contribution in [0.5, 0.6) is 0 Å². The van der Waals surface area contributed by atoms with Crippen molar-refractivity contribution >= 4 is 17.0 Å². The molecule has 92 valence electrons. The average Bonchev–Trinajstić information content (AvgIpc) is 2.92. The van der Waals surface area contributed by atoms with Gasteiger partial charge in [-0.05, 0) is 23.3 Å². The van der Waals surface area contributed by atoms with Gasteiger partial charge in [-0.15, -0.1) is 0 Å². The predicted molar refractivity (Wildman–Crippen MR) is 69.9 cm³/mol. The number of aromatic amines is 1. The van der Waals surface area contributed by atoms with Crippen molar-refractivity contribution < 1.29 is 9.35 Å². The summed E-state index contributed by atoms with van der Waals surface area (Å²) in [7, 11) is 0. The van der Waals surface area contributed by atoms with Gasteiger partial charge in [0.05, 0.1) is 11.8 Å². The highest BCUT2D eigenvalue weighted by Gasteiger charge is 2.14. The van der Waals surface area contributed by atoms with Crippen molar-refractivity contribution in [2.24, 2.45) is 0 Å². The van der Waals surface area contributed by atoms with Crippen LogP contribution in [0.2, 0.25) is 0 Å². The number of carbonyl (C=O) groups excluding carboxylic acids is 1. The van der Waals surface area contributed by atoms with Gasteiger partial charge in [-0.2, -0.15) is 5.10 Å². The van der Waals surface area contributed by atoms with Gasteiger partial charge in [0.15, 0.2) is 10.7 Å². The van der Waals surface area contributed by atoms with E-state index in [4.69, 9.17) is 0 Å². The minimum Gasteiger partial charge on any atom is -0.611 e. The lowest BCUT2D eigenvalue weighted by Gasteiger charge is -2.08. The third-order valence-electron chi connectivity index (χ3n) is 2.39. The van der Waals surface area contributed by atoms with Crippen molar-refractivity contribution in [2.45, 2.75) is 4.90 Å². The molecule has 5 heteroatoms. The minimum absolute atomic E-state index is 0.138. The van der Waals surface area contributed by atoms with Crippen molar-refractivity contribution in [1.82, 2.24) is 10.2 Å². The van der Waals surface area contributed by atoms with Gasteiger partial charge in [0.25, 0.3) is 0 Å². The van der Waals surface area contributed by atoms with E-state index in [1.807, 2.05) is 0 Å². The Labute approximate surface area is 108 Å². The predicted octanol–water partition coefficient (Wildman–Crippen LogP) is 1.93. The van der Waals surface area contributed by atoms with Crippen LogP contribution < -0.4 is 0 Å². The van der Waals surface area contributed by atoms with Gasteiger partial charge < -0.3 is 4.55 Å². The standard InChI is InChI=1S/C13H12N2O2S/c1-2-6-18(17)12-5-3-4-10(7-12)13(16)11-8-14-15-9-11/h2-5,7-9H,1,6H2,(H,14,15). The lowest BCUT2D eigenvalue weighted by atomic mass is 10.1. The summed E-state index contributed by atoms with van der Waals surface area (Å²) in [6.07, 6.45) is 4.60. The Bertz CT molecular complexity index is 552. The number of H-pyrrole nitrogens is 1. The summed E-state index contributed by atoms with van der Waals surface area (Å²) in [4.78, 5) is 12.7. The van der Waals surface area contributed by atoms with E-state index in [2.05, 4.69) is 16.8 Å². The normalized spacial score (nSPS) is 12.1. The molecule has 2 aromatic rings. The van der Waals surface area contributed by atoms with Crippen LogP contribution in [0.4, 0.5) is 0 Å².